The van der Waals surface area contributed by atoms with Gasteiger partial charge in [0.15, 0.2) is 5.96 Å². The lowest BCUT2D eigenvalue weighted by Crippen LogP contribution is -2.53. The van der Waals surface area contributed by atoms with Crippen molar-refractivity contribution in [2.24, 2.45) is 4.99 Å². The summed E-state index contributed by atoms with van der Waals surface area (Å²) in [4.78, 5) is 9.92. The summed E-state index contributed by atoms with van der Waals surface area (Å²) in [5.41, 5.74) is 2.29. The lowest BCUT2D eigenvalue weighted by Gasteiger charge is -2.37. The number of nitrogens with zero attached hydrogens (tertiary/aromatic N) is 3. The first-order chi connectivity index (χ1) is 15.0. The minimum atomic E-state index is 0. The summed E-state index contributed by atoms with van der Waals surface area (Å²) in [5, 5.41) is 6.91. The molecule has 0 aliphatic carbocycles. The average Bonchev–Trinajstić information content (AvgIpc) is 3.14. The van der Waals surface area contributed by atoms with Crippen LogP contribution in [0.4, 0.5) is 0 Å². The molecule has 2 unspecified atom stereocenters. The molecule has 0 spiro atoms. The van der Waals surface area contributed by atoms with Gasteiger partial charge >= 0.3 is 0 Å². The molecule has 0 aromatic heterocycles. The molecule has 2 heterocycles. The van der Waals surface area contributed by atoms with Crippen molar-refractivity contribution >= 4 is 29.9 Å². The first-order valence-corrected chi connectivity index (χ1v) is 12.0. The fourth-order valence-corrected chi connectivity index (χ4v) is 4.29. The van der Waals surface area contributed by atoms with Crippen LogP contribution in [-0.2, 0) is 13.0 Å². The van der Waals surface area contributed by atoms with Crippen molar-refractivity contribution in [2.45, 2.75) is 59.7 Å². The number of nitrogens with one attached hydrogen (secondary N) is 2. The molecule has 7 nitrogen and oxygen atoms in total. The summed E-state index contributed by atoms with van der Waals surface area (Å²) < 4.78 is 11.9. The molecule has 182 valence electrons. The third-order valence-corrected chi connectivity index (χ3v) is 6.17. The first-order valence-electron chi connectivity index (χ1n) is 12.0. The highest BCUT2D eigenvalue weighted by molar-refractivity contribution is 14.0. The van der Waals surface area contributed by atoms with Crippen molar-refractivity contribution in [3.63, 3.8) is 0 Å². The van der Waals surface area contributed by atoms with Crippen LogP contribution in [0.25, 0.3) is 0 Å². The molecule has 32 heavy (non-hydrogen) atoms. The quantitative estimate of drug-likeness (QED) is 0.276. The number of halogens is 1. The molecule has 1 fully saturated rings. The third-order valence-electron chi connectivity index (χ3n) is 6.17. The number of benzene rings is 1. The zero-order chi connectivity index (χ0) is 22.2. The standard InChI is InChI=1S/C24H41N5O2.HI/c1-6-25-24(26-16-18(4)29-11-9-28(7-2)10-12-29)27-17-21-15-23-20(13-19(5)31-23)14-22(21)30-8-3;/h14-15,18-19H,6-13,16-17H2,1-5H3,(H2,25,26,27);1H. The first kappa shape index (κ1) is 27.0. The van der Waals surface area contributed by atoms with E-state index in [1.165, 1.54) is 5.56 Å². The number of rotatable bonds is 9. The van der Waals surface area contributed by atoms with Crippen LogP contribution in [0.2, 0.25) is 0 Å². The van der Waals surface area contributed by atoms with Crippen molar-refractivity contribution in [3.8, 4) is 11.5 Å². The van der Waals surface area contributed by atoms with E-state index in [0.29, 0.717) is 19.2 Å². The van der Waals surface area contributed by atoms with Gasteiger partial charge in [-0.1, -0.05) is 6.92 Å². The van der Waals surface area contributed by atoms with Gasteiger partial charge in [0.1, 0.15) is 17.6 Å². The van der Waals surface area contributed by atoms with Crippen LogP contribution in [0, 0.1) is 0 Å². The maximum absolute atomic E-state index is 5.95. The summed E-state index contributed by atoms with van der Waals surface area (Å²) in [6.07, 6.45) is 1.16. The zero-order valence-corrected chi connectivity index (χ0v) is 22.8. The van der Waals surface area contributed by atoms with Gasteiger partial charge in [0, 0.05) is 62.9 Å². The Kier molecular flexibility index (Phi) is 11.3. The maximum Gasteiger partial charge on any atom is 0.191 e. The molecule has 2 N–H and O–H groups in total. The second kappa shape index (κ2) is 13.4. The number of piperazine rings is 1. The van der Waals surface area contributed by atoms with Gasteiger partial charge in [-0.2, -0.15) is 0 Å². The second-order valence-corrected chi connectivity index (χ2v) is 8.53. The summed E-state index contributed by atoms with van der Waals surface area (Å²) in [7, 11) is 0. The molecule has 0 amide bonds. The van der Waals surface area contributed by atoms with Crippen LogP contribution in [0.1, 0.15) is 45.7 Å². The smallest absolute Gasteiger partial charge is 0.191 e. The molecule has 8 heteroatoms. The normalized spacial score (nSPS) is 20.2. The molecular weight excluding hydrogens is 517 g/mol. The van der Waals surface area contributed by atoms with Crippen molar-refractivity contribution in [3.05, 3.63) is 23.3 Å². The van der Waals surface area contributed by atoms with E-state index in [0.717, 1.165) is 75.3 Å². The van der Waals surface area contributed by atoms with E-state index in [4.69, 9.17) is 14.5 Å². The monoisotopic (exact) mass is 559 g/mol. The third kappa shape index (κ3) is 7.38. The van der Waals surface area contributed by atoms with E-state index in [9.17, 15) is 0 Å². The molecule has 1 aromatic rings. The summed E-state index contributed by atoms with van der Waals surface area (Å²) in [5.74, 6) is 2.73. The van der Waals surface area contributed by atoms with E-state index < -0.39 is 0 Å². The Balaban J connectivity index is 0.00000363. The van der Waals surface area contributed by atoms with Gasteiger partial charge in [0.25, 0.3) is 0 Å². The molecule has 2 aliphatic rings. The Bertz CT molecular complexity index is 737. The number of aliphatic imine (C=N–C) groups is 1. The Labute approximate surface area is 211 Å². The Morgan fingerprint density at radius 3 is 2.59 bits per heavy atom. The molecule has 0 saturated carbocycles. The molecular formula is C24H42IN5O2. The topological polar surface area (TPSA) is 61.4 Å². The molecule has 2 aliphatic heterocycles. The van der Waals surface area contributed by atoms with E-state index in [1.54, 1.807) is 0 Å². The maximum atomic E-state index is 5.95. The van der Waals surface area contributed by atoms with E-state index in [-0.39, 0.29) is 30.1 Å². The molecule has 1 saturated heterocycles. The summed E-state index contributed by atoms with van der Waals surface area (Å²) in [6.45, 7) is 19.4. The number of fused-ring (bicyclic) bond motifs is 1. The fourth-order valence-electron chi connectivity index (χ4n) is 4.29. The molecule has 0 bridgehead atoms. The van der Waals surface area contributed by atoms with Gasteiger partial charge in [0.2, 0.25) is 0 Å². The average molecular weight is 560 g/mol. The predicted molar refractivity (Wildman–Crippen MR) is 143 cm³/mol. The fraction of sp³-hybridized carbons (Fsp3) is 0.708. The van der Waals surface area contributed by atoms with Gasteiger partial charge in [-0.15, -0.1) is 24.0 Å². The lowest BCUT2D eigenvalue weighted by atomic mass is 10.1. The SMILES string of the molecule is CCNC(=NCc1cc2c(cc1OCC)CC(C)O2)NCC(C)N1CCN(CC)CC1.I. The van der Waals surface area contributed by atoms with Crippen LogP contribution in [0.5, 0.6) is 11.5 Å². The Morgan fingerprint density at radius 1 is 1.19 bits per heavy atom. The zero-order valence-electron chi connectivity index (χ0n) is 20.4. The van der Waals surface area contributed by atoms with Gasteiger partial charge < -0.3 is 25.0 Å². The van der Waals surface area contributed by atoms with E-state index in [2.05, 4.69) is 60.3 Å². The number of likely N-dealkylation sites (N-methyl/N-ethyl adjacent to an activating group) is 1. The highest BCUT2D eigenvalue weighted by Gasteiger charge is 2.22. The van der Waals surface area contributed by atoms with E-state index in [1.807, 2.05) is 6.92 Å². The summed E-state index contributed by atoms with van der Waals surface area (Å²) in [6, 6.07) is 4.70. The molecule has 1 aromatic carbocycles. The van der Waals surface area contributed by atoms with Crippen molar-refractivity contribution in [1.29, 1.82) is 0 Å². The Hall–Kier alpha value is -1.26. The van der Waals surface area contributed by atoms with Gasteiger partial charge in [-0.05, 0) is 46.4 Å². The van der Waals surface area contributed by atoms with Crippen molar-refractivity contribution < 1.29 is 9.47 Å². The van der Waals surface area contributed by atoms with Crippen LogP contribution in [0.15, 0.2) is 17.1 Å². The number of ether oxygens (including phenoxy) is 2. The number of hydrogen-bond donors (Lipinski definition) is 2. The number of hydrogen-bond acceptors (Lipinski definition) is 5. The summed E-state index contributed by atoms with van der Waals surface area (Å²) >= 11 is 0. The second-order valence-electron chi connectivity index (χ2n) is 8.53. The van der Waals surface area contributed by atoms with E-state index >= 15 is 0 Å². The van der Waals surface area contributed by atoms with Gasteiger partial charge in [-0.25, -0.2) is 4.99 Å². The van der Waals surface area contributed by atoms with Crippen LogP contribution >= 0.6 is 24.0 Å². The minimum Gasteiger partial charge on any atom is -0.494 e. The van der Waals surface area contributed by atoms with Gasteiger partial charge in [0.05, 0.1) is 13.2 Å². The number of guanidine groups is 1. The van der Waals surface area contributed by atoms with Crippen LogP contribution in [-0.4, -0.2) is 80.3 Å². The highest BCUT2D eigenvalue weighted by atomic mass is 127. The van der Waals surface area contributed by atoms with Crippen molar-refractivity contribution in [1.82, 2.24) is 20.4 Å². The minimum absolute atomic E-state index is 0. The predicted octanol–water partition coefficient (Wildman–Crippen LogP) is 3.11. The van der Waals surface area contributed by atoms with Crippen LogP contribution in [0.3, 0.4) is 0 Å². The highest BCUT2D eigenvalue weighted by Crippen LogP contribution is 2.35. The molecule has 2 atom stereocenters. The largest absolute Gasteiger partial charge is 0.494 e. The Morgan fingerprint density at radius 2 is 1.94 bits per heavy atom. The molecule has 3 rings (SSSR count). The lowest BCUT2D eigenvalue weighted by molar-refractivity contribution is 0.107. The molecule has 0 radical (unpaired) electrons. The van der Waals surface area contributed by atoms with Crippen LogP contribution < -0.4 is 20.1 Å². The van der Waals surface area contributed by atoms with Gasteiger partial charge in [-0.3, -0.25) is 4.90 Å². The van der Waals surface area contributed by atoms with Crippen molar-refractivity contribution in [2.75, 3.05) is 52.4 Å².